The van der Waals surface area contributed by atoms with Crippen LogP contribution in [0.3, 0.4) is 0 Å². The van der Waals surface area contributed by atoms with Crippen molar-refractivity contribution < 1.29 is 19.0 Å². The number of carbonyl (C=O) groups excluding carboxylic acids is 1. The van der Waals surface area contributed by atoms with E-state index in [1.807, 2.05) is 44.2 Å². The molecule has 0 fully saturated rings. The molecule has 0 spiro atoms. The Labute approximate surface area is 126 Å². The number of hydrogen-bond donors (Lipinski definition) is 1. The molecule has 21 heavy (non-hydrogen) atoms. The van der Waals surface area contributed by atoms with Gasteiger partial charge >= 0.3 is 5.97 Å². The molecular formula is C16H25NO4. The average Bonchev–Trinajstić information content (AvgIpc) is 2.52. The molecule has 0 saturated heterocycles. The van der Waals surface area contributed by atoms with Crippen LogP contribution in [0.5, 0.6) is 0 Å². The summed E-state index contributed by atoms with van der Waals surface area (Å²) in [6.07, 6.45) is -0.110. The molecule has 5 heteroatoms. The Bertz CT molecular complexity index is 424. The summed E-state index contributed by atoms with van der Waals surface area (Å²) >= 11 is 0. The second kappa shape index (κ2) is 8.77. The van der Waals surface area contributed by atoms with Gasteiger partial charge in [0, 0.05) is 7.11 Å². The minimum Gasteiger partial charge on any atom is -0.467 e. The van der Waals surface area contributed by atoms with Crippen molar-refractivity contribution >= 4 is 5.97 Å². The molecule has 5 nitrogen and oxygen atoms in total. The first-order valence-electron chi connectivity index (χ1n) is 7.10. The van der Waals surface area contributed by atoms with Crippen LogP contribution in [0.1, 0.15) is 19.4 Å². The van der Waals surface area contributed by atoms with E-state index in [0.29, 0.717) is 13.2 Å². The van der Waals surface area contributed by atoms with Gasteiger partial charge in [0.25, 0.3) is 0 Å². The second-order valence-corrected chi connectivity index (χ2v) is 4.87. The lowest BCUT2D eigenvalue weighted by Gasteiger charge is -2.33. The molecule has 1 N–H and O–H groups in total. The molecule has 0 saturated carbocycles. The molecule has 0 radical (unpaired) electrons. The summed E-state index contributed by atoms with van der Waals surface area (Å²) in [7, 11) is 3.00. The Kier molecular flexibility index (Phi) is 7.36. The number of rotatable bonds is 9. The van der Waals surface area contributed by atoms with Crippen molar-refractivity contribution in [3.05, 3.63) is 35.9 Å². The zero-order chi connectivity index (χ0) is 15.7. The van der Waals surface area contributed by atoms with Crippen molar-refractivity contribution in [1.29, 1.82) is 0 Å². The zero-order valence-corrected chi connectivity index (χ0v) is 13.2. The summed E-state index contributed by atoms with van der Waals surface area (Å²) in [4.78, 5) is 12.4. The van der Waals surface area contributed by atoms with Gasteiger partial charge in [-0.3, -0.25) is 5.32 Å². The van der Waals surface area contributed by atoms with E-state index in [9.17, 15) is 4.79 Å². The lowest BCUT2D eigenvalue weighted by atomic mass is 9.90. The smallest absolute Gasteiger partial charge is 0.333 e. The van der Waals surface area contributed by atoms with Crippen LogP contribution in [0, 0.1) is 0 Å². The molecule has 2 atom stereocenters. The Morgan fingerprint density at radius 2 is 1.95 bits per heavy atom. The molecule has 0 heterocycles. The van der Waals surface area contributed by atoms with E-state index in [2.05, 4.69) is 5.32 Å². The first-order chi connectivity index (χ1) is 10.1. The highest BCUT2D eigenvalue weighted by Gasteiger charge is 2.41. The Morgan fingerprint density at radius 3 is 2.48 bits per heavy atom. The molecule has 0 aromatic heterocycles. The van der Waals surface area contributed by atoms with Crippen molar-refractivity contribution in [1.82, 2.24) is 5.32 Å². The number of carbonyl (C=O) groups is 1. The quantitative estimate of drug-likeness (QED) is 0.703. The van der Waals surface area contributed by atoms with Crippen LogP contribution in [-0.4, -0.2) is 46.1 Å². The van der Waals surface area contributed by atoms with E-state index in [4.69, 9.17) is 14.2 Å². The highest BCUT2D eigenvalue weighted by atomic mass is 16.5. The molecule has 0 bridgehead atoms. The fourth-order valence-corrected chi connectivity index (χ4v) is 2.23. The van der Waals surface area contributed by atoms with Gasteiger partial charge in [0.2, 0.25) is 0 Å². The Morgan fingerprint density at radius 1 is 1.29 bits per heavy atom. The maximum absolute atomic E-state index is 12.4. The van der Waals surface area contributed by atoms with Crippen molar-refractivity contribution in [3.63, 3.8) is 0 Å². The van der Waals surface area contributed by atoms with Gasteiger partial charge < -0.3 is 14.2 Å². The largest absolute Gasteiger partial charge is 0.467 e. The normalized spacial score (nSPS) is 15.2. The highest BCUT2D eigenvalue weighted by Crippen LogP contribution is 2.24. The number of likely N-dealkylation sites (N-methyl/N-ethyl adjacent to an activating group) is 1. The Hall–Kier alpha value is -1.43. The van der Waals surface area contributed by atoms with Gasteiger partial charge in [0.1, 0.15) is 0 Å². The minimum atomic E-state index is -1.01. The van der Waals surface area contributed by atoms with Crippen LogP contribution in [0.4, 0.5) is 0 Å². The van der Waals surface area contributed by atoms with Gasteiger partial charge in [0.05, 0.1) is 26.4 Å². The van der Waals surface area contributed by atoms with Crippen LogP contribution in [0.25, 0.3) is 0 Å². The molecule has 1 aromatic carbocycles. The summed E-state index contributed by atoms with van der Waals surface area (Å²) in [5, 5.41) is 3.22. The average molecular weight is 295 g/mol. The summed E-state index contributed by atoms with van der Waals surface area (Å²) in [5.74, 6) is -0.361. The van der Waals surface area contributed by atoms with Gasteiger partial charge in [-0.15, -0.1) is 0 Å². The van der Waals surface area contributed by atoms with Crippen molar-refractivity contribution in [3.8, 4) is 0 Å². The maximum atomic E-state index is 12.4. The standard InChI is InChI=1S/C16H25NO4/c1-5-17-16(15(18)20-4,12-21-13(2)11-19-3)14-9-7-6-8-10-14/h6-10,13,17H,5,11-12H2,1-4H3. The van der Waals surface area contributed by atoms with E-state index < -0.39 is 5.54 Å². The number of ether oxygens (including phenoxy) is 3. The van der Waals surface area contributed by atoms with Crippen LogP contribution in [0.2, 0.25) is 0 Å². The number of esters is 1. The van der Waals surface area contributed by atoms with E-state index in [0.717, 1.165) is 5.56 Å². The highest BCUT2D eigenvalue weighted by molar-refractivity contribution is 5.82. The lowest BCUT2D eigenvalue weighted by Crippen LogP contribution is -2.54. The summed E-state index contributed by atoms with van der Waals surface area (Å²) in [5.41, 5.74) is -0.185. The van der Waals surface area contributed by atoms with Gasteiger partial charge in [-0.05, 0) is 19.0 Å². The summed E-state index contributed by atoms with van der Waals surface area (Å²) < 4.78 is 15.9. The monoisotopic (exact) mass is 295 g/mol. The second-order valence-electron chi connectivity index (χ2n) is 4.87. The van der Waals surface area contributed by atoms with Crippen molar-refractivity contribution in [2.45, 2.75) is 25.5 Å². The topological polar surface area (TPSA) is 56.8 Å². The first kappa shape index (κ1) is 17.6. The summed E-state index contributed by atoms with van der Waals surface area (Å²) in [6, 6.07) is 9.48. The molecule has 118 valence electrons. The first-order valence-corrected chi connectivity index (χ1v) is 7.10. The third kappa shape index (κ3) is 4.52. The van der Waals surface area contributed by atoms with Crippen LogP contribution >= 0.6 is 0 Å². The van der Waals surface area contributed by atoms with Crippen LogP contribution in [-0.2, 0) is 24.5 Å². The van der Waals surface area contributed by atoms with Gasteiger partial charge in [-0.25, -0.2) is 4.79 Å². The molecular weight excluding hydrogens is 270 g/mol. The third-order valence-corrected chi connectivity index (χ3v) is 3.26. The number of methoxy groups -OCH3 is 2. The molecule has 2 unspecified atom stereocenters. The van der Waals surface area contributed by atoms with Crippen LogP contribution < -0.4 is 5.32 Å². The fraction of sp³-hybridized carbons (Fsp3) is 0.562. The predicted molar refractivity (Wildman–Crippen MR) is 81.1 cm³/mol. The zero-order valence-electron chi connectivity index (χ0n) is 13.2. The molecule has 1 rings (SSSR count). The van der Waals surface area contributed by atoms with E-state index in [1.54, 1.807) is 7.11 Å². The van der Waals surface area contributed by atoms with Crippen LogP contribution in [0.15, 0.2) is 30.3 Å². The molecule has 0 aliphatic heterocycles. The SMILES string of the molecule is CCNC(COC(C)COC)(C(=O)OC)c1ccccc1. The van der Waals surface area contributed by atoms with E-state index in [-0.39, 0.29) is 18.7 Å². The Balaban J connectivity index is 3.04. The molecule has 0 aliphatic rings. The van der Waals surface area contributed by atoms with Gasteiger partial charge in [-0.2, -0.15) is 0 Å². The lowest BCUT2D eigenvalue weighted by molar-refractivity contribution is -0.154. The van der Waals surface area contributed by atoms with Gasteiger partial charge in [0.15, 0.2) is 5.54 Å². The number of hydrogen-bond acceptors (Lipinski definition) is 5. The van der Waals surface area contributed by atoms with Crippen molar-refractivity contribution in [2.75, 3.05) is 34.0 Å². The van der Waals surface area contributed by atoms with E-state index in [1.165, 1.54) is 7.11 Å². The third-order valence-electron chi connectivity index (χ3n) is 3.26. The van der Waals surface area contributed by atoms with E-state index >= 15 is 0 Å². The van der Waals surface area contributed by atoms with Gasteiger partial charge in [-0.1, -0.05) is 37.3 Å². The molecule has 0 amide bonds. The minimum absolute atomic E-state index is 0.110. The number of nitrogens with one attached hydrogen (secondary N) is 1. The molecule has 0 aliphatic carbocycles. The molecule has 1 aromatic rings. The summed E-state index contributed by atoms with van der Waals surface area (Å²) in [6.45, 7) is 5.12. The van der Waals surface area contributed by atoms with Crippen molar-refractivity contribution in [2.24, 2.45) is 0 Å². The fourth-order valence-electron chi connectivity index (χ4n) is 2.23. The number of benzene rings is 1. The maximum Gasteiger partial charge on any atom is 0.333 e. The predicted octanol–water partition coefficient (Wildman–Crippen LogP) is 1.72.